The Morgan fingerprint density at radius 1 is 1.50 bits per heavy atom. The van der Waals surface area contributed by atoms with Gasteiger partial charge in [0.2, 0.25) is 0 Å². The van der Waals surface area contributed by atoms with Crippen LogP contribution in [0.4, 0.5) is 0 Å². The summed E-state index contributed by atoms with van der Waals surface area (Å²) in [6.07, 6.45) is 3.77. The highest BCUT2D eigenvalue weighted by Gasteiger charge is 2.23. The molecule has 1 fully saturated rings. The normalized spacial score (nSPS) is 25.4. The first-order valence-electron chi connectivity index (χ1n) is 6.28. The smallest absolute Gasteiger partial charge is 0.0327 e. The van der Waals surface area contributed by atoms with Crippen LogP contribution >= 0.6 is 11.3 Å². The summed E-state index contributed by atoms with van der Waals surface area (Å²) in [7, 11) is 0. The number of nitrogens with two attached hydrogens (primary N) is 1. The second-order valence-corrected chi connectivity index (χ2v) is 5.88. The molecule has 2 atom stereocenters. The molecular weight excluding hydrogens is 216 g/mol. The van der Waals surface area contributed by atoms with Gasteiger partial charge >= 0.3 is 0 Å². The Balaban J connectivity index is 1.81. The molecule has 90 valence electrons. The minimum absolute atomic E-state index is 0.463. The van der Waals surface area contributed by atoms with Crippen LogP contribution in [0.1, 0.15) is 31.1 Å². The number of nitrogens with zero attached hydrogens (tertiary/aromatic N) is 1. The Hall–Kier alpha value is -0.380. The van der Waals surface area contributed by atoms with Crippen molar-refractivity contribution in [1.82, 2.24) is 4.90 Å². The van der Waals surface area contributed by atoms with E-state index >= 15 is 0 Å². The van der Waals surface area contributed by atoms with E-state index < -0.39 is 0 Å². The van der Waals surface area contributed by atoms with Crippen molar-refractivity contribution in [3.8, 4) is 0 Å². The zero-order chi connectivity index (χ0) is 11.4. The lowest BCUT2D eigenvalue weighted by molar-refractivity contribution is 0.236. The van der Waals surface area contributed by atoms with Gasteiger partial charge in [-0.25, -0.2) is 0 Å². The molecule has 2 nitrogen and oxygen atoms in total. The van der Waals surface area contributed by atoms with E-state index in [1.807, 2.05) is 11.3 Å². The minimum Gasteiger partial charge on any atom is -0.328 e. The van der Waals surface area contributed by atoms with Gasteiger partial charge in [0.15, 0.2) is 0 Å². The largest absolute Gasteiger partial charge is 0.328 e. The maximum Gasteiger partial charge on any atom is 0.0327 e. The average Bonchev–Trinajstić information content (AvgIpc) is 2.89. The Labute approximate surface area is 102 Å². The summed E-state index contributed by atoms with van der Waals surface area (Å²) < 4.78 is 0. The number of hydrogen-bond acceptors (Lipinski definition) is 3. The number of hydrogen-bond donors (Lipinski definition) is 1. The van der Waals surface area contributed by atoms with Crippen LogP contribution in [0, 0.1) is 5.92 Å². The summed E-state index contributed by atoms with van der Waals surface area (Å²) in [5, 5.41) is 2.16. The van der Waals surface area contributed by atoms with E-state index in [1.165, 1.54) is 30.7 Å². The van der Waals surface area contributed by atoms with Crippen LogP contribution in [-0.2, 0) is 6.54 Å². The van der Waals surface area contributed by atoms with Gasteiger partial charge in [0, 0.05) is 24.0 Å². The zero-order valence-electron chi connectivity index (χ0n) is 10.1. The van der Waals surface area contributed by atoms with E-state index in [0.717, 1.165) is 19.0 Å². The first-order valence-corrected chi connectivity index (χ1v) is 7.16. The van der Waals surface area contributed by atoms with Crippen LogP contribution in [-0.4, -0.2) is 24.0 Å². The minimum atomic E-state index is 0.463. The molecule has 0 bridgehead atoms. The molecule has 0 amide bonds. The Morgan fingerprint density at radius 2 is 2.38 bits per heavy atom. The third-order valence-electron chi connectivity index (χ3n) is 3.50. The Bertz CT molecular complexity index is 297. The van der Waals surface area contributed by atoms with Crippen LogP contribution in [0.5, 0.6) is 0 Å². The zero-order valence-corrected chi connectivity index (χ0v) is 10.9. The molecule has 3 heteroatoms. The number of thiophene rings is 1. The third-order valence-corrected chi connectivity index (χ3v) is 4.37. The predicted octanol–water partition coefficient (Wildman–Crippen LogP) is 2.70. The highest BCUT2D eigenvalue weighted by Crippen LogP contribution is 2.25. The Morgan fingerprint density at radius 3 is 2.94 bits per heavy atom. The lowest BCUT2D eigenvalue weighted by Crippen LogP contribution is -2.28. The molecule has 0 radical (unpaired) electrons. The van der Waals surface area contributed by atoms with Gasteiger partial charge < -0.3 is 5.73 Å². The van der Waals surface area contributed by atoms with Gasteiger partial charge in [-0.05, 0) is 43.2 Å². The van der Waals surface area contributed by atoms with Crippen LogP contribution < -0.4 is 5.73 Å². The van der Waals surface area contributed by atoms with Crippen molar-refractivity contribution >= 4 is 11.3 Å². The topological polar surface area (TPSA) is 29.3 Å². The molecule has 1 aromatic heterocycles. The molecule has 1 aliphatic carbocycles. The summed E-state index contributed by atoms with van der Waals surface area (Å²) in [6.45, 7) is 5.73. The fourth-order valence-corrected chi connectivity index (χ4v) is 3.32. The first kappa shape index (κ1) is 12.1. The molecule has 2 N–H and O–H groups in total. The van der Waals surface area contributed by atoms with Crippen molar-refractivity contribution in [3.05, 3.63) is 22.4 Å². The molecule has 2 unspecified atom stereocenters. The molecular formula is C13H22N2S. The van der Waals surface area contributed by atoms with Gasteiger partial charge in [-0.15, -0.1) is 11.3 Å². The number of rotatable bonds is 5. The predicted molar refractivity (Wildman–Crippen MR) is 70.6 cm³/mol. The molecule has 1 heterocycles. The van der Waals surface area contributed by atoms with E-state index in [2.05, 4.69) is 29.3 Å². The molecule has 0 aliphatic heterocycles. The Kier molecular flexibility index (Phi) is 4.38. The fourth-order valence-electron chi connectivity index (χ4n) is 2.57. The molecule has 1 aliphatic rings. The molecule has 0 spiro atoms. The first-order chi connectivity index (χ1) is 7.78. The summed E-state index contributed by atoms with van der Waals surface area (Å²) in [5.74, 6) is 0.829. The molecule has 1 saturated carbocycles. The van der Waals surface area contributed by atoms with Crippen molar-refractivity contribution in [2.75, 3.05) is 13.1 Å². The van der Waals surface area contributed by atoms with E-state index in [0.29, 0.717) is 6.04 Å². The van der Waals surface area contributed by atoms with Gasteiger partial charge in [-0.3, -0.25) is 4.90 Å². The summed E-state index contributed by atoms with van der Waals surface area (Å²) in [5.41, 5.74) is 5.96. The van der Waals surface area contributed by atoms with Crippen molar-refractivity contribution < 1.29 is 0 Å². The van der Waals surface area contributed by atoms with Crippen LogP contribution in [0.3, 0.4) is 0 Å². The average molecular weight is 238 g/mol. The van der Waals surface area contributed by atoms with Crippen LogP contribution in [0.2, 0.25) is 0 Å². The molecule has 1 aromatic rings. The maximum atomic E-state index is 5.96. The van der Waals surface area contributed by atoms with Gasteiger partial charge in [0.1, 0.15) is 0 Å². The lowest BCUT2D eigenvalue weighted by atomic mass is 10.1. The standard InChI is InChI=1S/C13H22N2S/c1-2-15(10-13-4-3-7-16-13)9-11-5-6-12(14)8-11/h3-4,7,11-12H,2,5-6,8-10,14H2,1H3. The van der Waals surface area contributed by atoms with E-state index in [9.17, 15) is 0 Å². The van der Waals surface area contributed by atoms with Gasteiger partial charge in [0.25, 0.3) is 0 Å². The second kappa shape index (κ2) is 5.80. The van der Waals surface area contributed by atoms with E-state index in [1.54, 1.807) is 0 Å². The molecule has 0 saturated heterocycles. The van der Waals surface area contributed by atoms with Crippen molar-refractivity contribution in [1.29, 1.82) is 0 Å². The van der Waals surface area contributed by atoms with Crippen molar-refractivity contribution in [3.63, 3.8) is 0 Å². The summed E-state index contributed by atoms with van der Waals surface area (Å²) in [4.78, 5) is 4.03. The van der Waals surface area contributed by atoms with Crippen molar-refractivity contribution in [2.45, 2.75) is 38.8 Å². The van der Waals surface area contributed by atoms with Crippen LogP contribution in [0.25, 0.3) is 0 Å². The lowest BCUT2D eigenvalue weighted by Gasteiger charge is -2.23. The molecule has 16 heavy (non-hydrogen) atoms. The molecule has 0 aromatic carbocycles. The quantitative estimate of drug-likeness (QED) is 0.854. The summed E-state index contributed by atoms with van der Waals surface area (Å²) >= 11 is 1.86. The fraction of sp³-hybridized carbons (Fsp3) is 0.692. The van der Waals surface area contributed by atoms with Gasteiger partial charge in [-0.2, -0.15) is 0 Å². The van der Waals surface area contributed by atoms with Gasteiger partial charge in [-0.1, -0.05) is 13.0 Å². The van der Waals surface area contributed by atoms with E-state index in [4.69, 9.17) is 5.73 Å². The maximum absolute atomic E-state index is 5.96. The summed E-state index contributed by atoms with van der Waals surface area (Å²) in [6, 6.07) is 4.83. The third kappa shape index (κ3) is 3.30. The van der Waals surface area contributed by atoms with Crippen molar-refractivity contribution in [2.24, 2.45) is 11.7 Å². The van der Waals surface area contributed by atoms with E-state index in [-0.39, 0.29) is 0 Å². The van der Waals surface area contributed by atoms with Crippen LogP contribution in [0.15, 0.2) is 17.5 Å². The second-order valence-electron chi connectivity index (χ2n) is 4.85. The molecule has 2 rings (SSSR count). The monoisotopic (exact) mass is 238 g/mol. The highest BCUT2D eigenvalue weighted by atomic mass is 32.1. The highest BCUT2D eigenvalue weighted by molar-refractivity contribution is 7.09. The SMILES string of the molecule is CCN(Cc1cccs1)CC1CCC(N)C1. The van der Waals surface area contributed by atoms with Gasteiger partial charge in [0.05, 0.1) is 0 Å².